The van der Waals surface area contributed by atoms with Crippen molar-refractivity contribution in [2.75, 3.05) is 19.6 Å². The Labute approximate surface area is 183 Å². The van der Waals surface area contributed by atoms with Crippen LogP contribution in [-0.4, -0.2) is 57.3 Å². The van der Waals surface area contributed by atoms with E-state index in [4.69, 9.17) is 0 Å². The number of amides is 3. The molecule has 0 bridgehead atoms. The molecule has 31 heavy (non-hydrogen) atoms. The first-order chi connectivity index (χ1) is 15.1. The van der Waals surface area contributed by atoms with E-state index in [0.29, 0.717) is 35.8 Å². The molecule has 4 rings (SSSR count). The van der Waals surface area contributed by atoms with E-state index in [0.717, 1.165) is 5.56 Å². The number of carbonyl (C=O) groups excluding carboxylic acids is 3. The van der Waals surface area contributed by atoms with Crippen molar-refractivity contribution < 1.29 is 14.4 Å². The number of hydrogen-bond donors (Lipinski definition) is 1. The standard InChI is InChI=1S/C22H21N5O3S/c28-19(9-11-24-20(29)16-6-2-1-3-7-16)26-12-5-13-27(26)22(30)18-15-31-21(25-18)17-8-4-10-23-14-17/h1-4,6-8,10,14-15H,5,9,11-13H2,(H,24,29). The molecule has 3 amide bonds. The highest BCUT2D eigenvalue weighted by atomic mass is 32.1. The minimum absolute atomic E-state index is 0.111. The molecule has 2 aromatic heterocycles. The molecule has 3 aromatic rings. The summed E-state index contributed by atoms with van der Waals surface area (Å²) < 4.78 is 0. The largest absolute Gasteiger partial charge is 0.352 e. The fourth-order valence-corrected chi connectivity index (χ4v) is 4.10. The number of benzene rings is 1. The maximum Gasteiger partial charge on any atom is 0.291 e. The molecule has 3 heterocycles. The molecular formula is C22H21N5O3S. The van der Waals surface area contributed by atoms with Gasteiger partial charge in [-0.25, -0.2) is 9.99 Å². The molecule has 0 spiro atoms. The van der Waals surface area contributed by atoms with E-state index in [1.54, 1.807) is 42.0 Å². The number of pyridine rings is 1. The van der Waals surface area contributed by atoms with Gasteiger partial charge < -0.3 is 5.32 Å². The molecule has 1 fully saturated rings. The lowest BCUT2D eigenvalue weighted by Gasteiger charge is -2.27. The summed E-state index contributed by atoms with van der Waals surface area (Å²) in [4.78, 5) is 46.3. The molecule has 1 aliphatic heterocycles. The summed E-state index contributed by atoms with van der Waals surface area (Å²) in [5.41, 5.74) is 1.69. The van der Waals surface area contributed by atoms with Gasteiger partial charge in [-0.3, -0.25) is 24.4 Å². The van der Waals surface area contributed by atoms with Crippen molar-refractivity contribution in [1.29, 1.82) is 0 Å². The van der Waals surface area contributed by atoms with Gasteiger partial charge in [0.25, 0.3) is 11.8 Å². The van der Waals surface area contributed by atoms with E-state index in [1.807, 2.05) is 18.2 Å². The van der Waals surface area contributed by atoms with Crippen molar-refractivity contribution in [1.82, 2.24) is 25.3 Å². The molecule has 0 radical (unpaired) electrons. The van der Waals surface area contributed by atoms with Crippen LogP contribution in [0.4, 0.5) is 0 Å². The van der Waals surface area contributed by atoms with Gasteiger partial charge >= 0.3 is 0 Å². The van der Waals surface area contributed by atoms with Crippen LogP contribution in [0.5, 0.6) is 0 Å². The van der Waals surface area contributed by atoms with Gasteiger partial charge in [0.1, 0.15) is 10.7 Å². The normalized spacial score (nSPS) is 13.3. The molecule has 0 aliphatic carbocycles. The lowest BCUT2D eigenvalue weighted by molar-refractivity contribution is -0.140. The number of rotatable bonds is 6. The summed E-state index contributed by atoms with van der Waals surface area (Å²) in [5, 5.41) is 8.06. The van der Waals surface area contributed by atoms with Crippen molar-refractivity contribution in [2.24, 2.45) is 0 Å². The van der Waals surface area contributed by atoms with Gasteiger partial charge in [0.15, 0.2) is 0 Å². The molecule has 1 saturated heterocycles. The molecule has 0 atom stereocenters. The average molecular weight is 436 g/mol. The molecule has 158 valence electrons. The molecule has 8 nitrogen and oxygen atoms in total. The fraction of sp³-hybridized carbons (Fsp3) is 0.227. The van der Waals surface area contributed by atoms with Crippen LogP contribution in [-0.2, 0) is 4.79 Å². The number of hydrogen-bond acceptors (Lipinski definition) is 6. The van der Waals surface area contributed by atoms with Crippen molar-refractivity contribution in [3.8, 4) is 10.6 Å². The van der Waals surface area contributed by atoms with Gasteiger partial charge in [-0.05, 0) is 30.7 Å². The van der Waals surface area contributed by atoms with Crippen molar-refractivity contribution >= 4 is 29.1 Å². The third kappa shape index (κ3) is 4.77. The van der Waals surface area contributed by atoms with E-state index in [9.17, 15) is 14.4 Å². The van der Waals surface area contributed by atoms with Gasteiger partial charge in [-0.2, -0.15) is 0 Å². The van der Waals surface area contributed by atoms with Crippen LogP contribution >= 0.6 is 11.3 Å². The summed E-state index contributed by atoms with van der Waals surface area (Å²) >= 11 is 1.36. The zero-order valence-corrected chi connectivity index (χ0v) is 17.5. The monoisotopic (exact) mass is 435 g/mol. The summed E-state index contributed by atoms with van der Waals surface area (Å²) in [6.45, 7) is 1.13. The smallest absolute Gasteiger partial charge is 0.291 e. The summed E-state index contributed by atoms with van der Waals surface area (Å²) in [7, 11) is 0. The fourth-order valence-electron chi connectivity index (χ4n) is 3.31. The number of nitrogens with one attached hydrogen (secondary N) is 1. The SMILES string of the molecule is O=C(NCCC(=O)N1CCCN1C(=O)c1csc(-c2cccnc2)n1)c1ccccc1. The molecule has 1 aliphatic rings. The molecule has 0 unspecified atom stereocenters. The van der Waals surface area contributed by atoms with E-state index >= 15 is 0 Å². The topological polar surface area (TPSA) is 95.5 Å². The van der Waals surface area contributed by atoms with E-state index < -0.39 is 0 Å². The van der Waals surface area contributed by atoms with Gasteiger partial charge in [0.2, 0.25) is 5.91 Å². The third-order valence-corrected chi connectivity index (χ3v) is 5.74. The van der Waals surface area contributed by atoms with Gasteiger partial charge in [-0.15, -0.1) is 11.3 Å². The Kier molecular flexibility index (Phi) is 6.32. The van der Waals surface area contributed by atoms with Gasteiger partial charge in [0, 0.05) is 55.0 Å². The van der Waals surface area contributed by atoms with Crippen LogP contribution in [0.2, 0.25) is 0 Å². The quantitative estimate of drug-likeness (QED) is 0.642. The van der Waals surface area contributed by atoms with Gasteiger partial charge in [-0.1, -0.05) is 18.2 Å². The predicted molar refractivity (Wildman–Crippen MR) is 116 cm³/mol. The number of thiazole rings is 1. The molecule has 1 aromatic carbocycles. The summed E-state index contributed by atoms with van der Waals surface area (Å²) in [6, 6.07) is 12.5. The van der Waals surface area contributed by atoms with Crippen molar-refractivity contribution in [3.05, 3.63) is 71.5 Å². The second-order valence-corrected chi connectivity index (χ2v) is 7.81. The first-order valence-electron chi connectivity index (χ1n) is 9.95. The lowest BCUT2D eigenvalue weighted by atomic mass is 10.2. The Morgan fingerprint density at radius 1 is 1.03 bits per heavy atom. The van der Waals surface area contributed by atoms with Crippen LogP contribution < -0.4 is 5.32 Å². The summed E-state index contributed by atoms with van der Waals surface area (Å²) in [6.07, 6.45) is 4.19. The highest BCUT2D eigenvalue weighted by Gasteiger charge is 2.32. The minimum Gasteiger partial charge on any atom is -0.352 e. The zero-order chi connectivity index (χ0) is 21.6. The van der Waals surface area contributed by atoms with Gasteiger partial charge in [0.05, 0.1) is 0 Å². The first-order valence-corrected chi connectivity index (χ1v) is 10.8. The Morgan fingerprint density at radius 3 is 2.61 bits per heavy atom. The minimum atomic E-state index is -0.300. The van der Waals surface area contributed by atoms with Crippen LogP contribution in [0.1, 0.15) is 33.7 Å². The lowest BCUT2D eigenvalue weighted by Crippen LogP contribution is -2.45. The average Bonchev–Trinajstić information content (AvgIpc) is 3.50. The van der Waals surface area contributed by atoms with Crippen molar-refractivity contribution in [3.63, 3.8) is 0 Å². The maximum absolute atomic E-state index is 13.0. The highest BCUT2D eigenvalue weighted by Crippen LogP contribution is 2.24. The Hall–Kier alpha value is -3.59. The number of carbonyl (C=O) groups is 3. The van der Waals surface area contributed by atoms with Crippen molar-refractivity contribution in [2.45, 2.75) is 12.8 Å². The third-order valence-electron chi connectivity index (χ3n) is 4.85. The predicted octanol–water partition coefficient (Wildman–Crippen LogP) is 2.61. The molecule has 0 saturated carbocycles. The summed E-state index contributed by atoms with van der Waals surface area (Å²) in [5.74, 6) is -0.736. The molecule has 9 heteroatoms. The first kappa shape index (κ1) is 20.7. The second-order valence-electron chi connectivity index (χ2n) is 6.95. The van der Waals surface area contributed by atoms with E-state index in [1.165, 1.54) is 21.4 Å². The maximum atomic E-state index is 13.0. The van der Waals surface area contributed by atoms with Crippen LogP contribution in [0.25, 0.3) is 10.6 Å². The molecule has 1 N–H and O–H groups in total. The van der Waals surface area contributed by atoms with E-state index in [2.05, 4.69) is 15.3 Å². The Balaban J connectivity index is 1.35. The number of aromatic nitrogens is 2. The Bertz CT molecular complexity index is 1070. The van der Waals surface area contributed by atoms with Crippen LogP contribution in [0.3, 0.4) is 0 Å². The highest BCUT2D eigenvalue weighted by molar-refractivity contribution is 7.13. The van der Waals surface area contributed by atoms with Crippen LogP contribution in [0.15, 0.2) is 60.2 Å². The number of hydrazine groups is 1. The molecular weight excluding hydrogens is 414 g/mol. The van der Waals surface area contributed by atoms with Crippen LogP contribution in [0, 0.1) is 0 Å². The Morgan fingerprint density at radius 2 is 1.84 bits per heavy atom. The number of nitrogens with zero attached hydrogens (tertiary/aromatic N) is 4. The second kappa shape index (κ2) is 9.48. The van der Waals surface area contributed by atoms with E-state index in [-0.39, 0.29) is 30.7 Å². The zero-order valence-electron chi connectivity index (χ0n) is 16.7.